The molecule has 0 unspecified atom stereocenters. The van der Waals surface area contributed by atoms with Gasteiger partial charge in [-0.15, -0.1) is 0 Å². The number of anilines is 1. The highest BCUT2D eigenvalue weighted by atomic mass is 16.1. The first kappa shape index (κ1) is 17.7. The summed E-state index contributed by atoms with van der Waals surface area (Å²) in [5.74, 6) is 0.266. The largest absolute Gasteiger partial charge is 0.326 e. The molecule has 3 N–H and O–H groups in total. The van der Waals surface area contributed by atoms with E-state index in [2.05, 4.69) is 20.3 Å². The van der Waals surface area contributed by atoms with Crippen molar-refractivity contribution in [1.82, 2.24) is 15.0 Å². The van der Waals surface area contributed by atoms with Crippen molar-refractivity contribution < 1.29 is 4.79 Å². The van der Waals surface area contributed by atoms with E-state index in [0.29, 0.717) is 34.4 Å². The van der Waals surface area contributed by atoms with Crippen molar-refractivity contribution in [2.24, 2.45) is 0 Å². The van der Waals surface area contributed by atoms with Crippen molar-refractivity contribution in [3.63, 3.8) is 0 Å². The van der Waals surface area contributed by atoms with E-state index < -0.39 is 0 Å². The molecule has 0 saturated carbocycles. The Morgan fingerprint density at radius 1 is 1.04 bits per heavy atom. The zero-order valence-corrected chi connectivity index (χ0v) is 15.2. The van der Waals surface area contributed by atoms with E-state index in [0.717, 1.165) is 10.9 Å². The number of para-hydroxylation sites is 1. The van der Waals surface area contributed by atoms with Gasteiger partial charge in [-0.1, -0.05) is 18.2 Å². The number of aromatic amines is 2. The molecule has 0 fully saturated rings. The van der Waals surface area contributed by atoms with Gasteiger partial charge in [0.15, 0.2) is 0 Å². The summed E-state index contributed by atoms with van der Waals surface area (Å²) in [6.07, 6.45) is 0.485. The molecule has 0 radical (unpaired) electrons. The van der Waals surface area contributed by atoms with Gasteiger partial charge < -0.3 is 15.3 Å². The van der Waals surface area contributed by atoms with Crippen molar-refractivity contribution in [3.8, 4) is 0 Å². The summed E-state index contributed by atoms with van der Waals surface area (Å²) in [5.41, 5.74) is 2.36. The van der Waals surface area contributed by atoms with Crippen LogP contribution in [0.2, 0.25) is 0 Å². The summed E-state index contributed by atoms with van der Waals surface area (Å²) >= 11 is 0. The van der Waals surface area contributed by atoms with Gasteiger partial charge in [-0.05, 0) is 36.8 Å². The summed E-state index contributed by atoms with van der Waals surface area (Å²) in [7, 11) is 0. The van der Waals surface area contributed by atoms with Crippen molar-refractivity contribution in [2.45, 2.75) is 19.8 Å². The first-order chi connectivity index (χ1) is 13.5. The van der Waals surface area contributed by atoms with Crippen LogP contribution in [0.1, 0.15) is 17.8 Å². The standard InChI is InChI=1S/C21H18N4O3/c1-12-10-20(27)24-17-11-13(6-7-14(12)17)22-19(26)9-8-18-23-16-5-3-2-4-15(16)21(28)25-18/h2-7,10-11H,8-9H2,1H3,(H,22,26)(H,24,27)(H,23,25,28). The number of pyridine rings is 1. The summed E-state index contributed by atoms with van der Waals surface area (Å²) in [4.78, 5) is 45.9. The Labute approximate surface area is 159 Å². The molecule has 1 amide bonds. The maximum atomic E-state index is 12.3. The molecule has 2 aromatic carbocycles. The normalized spacial score (nSPS) is 11.0. The number of nitrogens with zero attached hydrogens (tertiary/aromatic N) is 1. The second-order valence-electron chi connectivity index (χ2n) is 6.65. The maximum Gasteiger partial charge on any atom is 0.258 e. The summed E-state index contributed by atoms with van der Waals surface area (Å²) in [6.45, 7) is 1.87. The molecule has 2 heterocycles. The van der Waals surface area contributed by atoms with Crippen LogP contribution in [0.25, 0.3) is 21.8 Å². The van der Waals surface area contributed by atoms with Gasteiger partial charge >= 0.3 is 0 Å². The molecule has 0 spiro atoms. The molecule has 0 aliphatic heterocycles. The van der Waals surface area contributed by atoms with Gasteiger partial charge in [0.05, 0.1) is 16.4 Å². The number of hydrogen-bond donors (Lipinski definition) is 3. The number of nitrogens with one attached hydrogen (secondary N) is 3. The second kappa shape index (κ2) is 7.11. The molecule has 7 heteroatoms. The van der Waals surface area contributed by atoms with Crippen LogP contribution in [0, 0.1) is 6.92 Å². The second-order valence-corrected chi connectivity index (χ2v) is 6.65. The molecule has 140 valence electrons. The van der Waals surface area contributed by atoms with E-state index in [9.17, 15) is 14.4 Å². The third kappa shape index (κ3) is 3.55. The number of rotatable bonds is 4. The zero-order chi connectivity index (χ0) is 19.7. The molecule has 0 aliphatic rings. The number of benzene rings is 2. The lowest BCUT2D eigenvalue weighted by Gasteiger charge is -2.08. The minimum absolute atomic E-state index is 0.170. The lowest BCUT2D eigenvalue weighted by atomic mass is 10.1. The lowest BCUT2D eigenvalue weighted by molar-refractivity contribution is -0.116. The van der Waals surface area contributed by atoms with Gasteiger partial charge in [0.1, 0.15) is 5.82 Å². The van der Waals surface area contributed by atoms with Crippen LogP contribution in [0.3, 0.4) is 0 Å². The van der Waals surface area contributed by atoms with Crippen molar-refractivity contribution in [2.75, 3.05) is 5.32 Å². The molecular formula is C21H18N4O3. The van der Waals surface area contributed by atoms with Gasteiger partial charge in [-0.25, -0.2) is 4.98 Å². The Bertz CT molecular complexity index is 1320. The molecule has 0 saturated heterocycles. The van der Waals surface area contributed by atoms with Gasteiger partial charge in [0, 0.05) is 30.0 Å². The molecule has 0 atom stereocenters. The fourth-order valence-electron chi connectivity index (χ4n) is 3.22. The van der Waals surface area contributed by atoms with E-state index in [1.807, 2.05) is 19.1 Å². The first-order valence-electron chi connectivity index (χ1n) is 8.91. The van der Waals surface area contributed by atoms with Gasteiger partial charge in [0.2, 0.25) is 11.5 Å². The van der Waals surface area contributed by atoms with E-state index in [1.165, 1.54) is 6.07 Å². The predicted molar refractivity (Wildman–Crippen MR) is 109 cm³/mol. The fourth-order valence-corrected chi connectivity index (χ4v) is 3.22. The average Bonchev–Trinajstić information content (AvgIpc) is 2.66. The monoisotopic (exact) mass is 374 g/mol. The number of hydrogen-bond acceptors (Lipinski definition) is 4. The third-order valence-corrected chi connectivity index (χ3v) is 4.58. The molecule has 4 aromatic rings. The van der Waals surface area contributed by atoms with Crippen LogP contribution in [-0.4, -0.2) is 20.9 Å². The summed E-state index contributed by atoms with van der Waals surface area (Å²) in [5, 5.41) is 4.26. The SMILES string of the molecule is Cc1cc(=O)[nH]c2cc(NC(=O)CCc3nc4ccccc4c(=O)[nH]3)ccc12. The van der Waals surface area contributed by atoms with E-state index in [-0.39, 0.29) is 23.4 Å². The van der Waals surface area contributed by atoms with Crippen molar-refractivity contribution in [1.29, 1.82) is 0 Å². The molecule has 4 rings (SSSR count). The predicted octanol–water partition coefficient (Wildman–Crippen LogP) is 2.64. The summed E-state index contributed by atoms with van der Waals surface area (Å²) in [6, 6.07) is 14.0. The van der Waals surface area contributed by atoms with E-state index >= 15 is 0 Å². The number of aromatic nitrogens is 3. The Morgan fingerprint density at radius 3 is 2.71 bits per heavy atom. The number of carbonyl (C=O) groups excluding carboxylic acids is 1. The number of amides is 1. The zero-order valence-electron chi connectivity index (χ0n) is 15.2. The van der Waals surface area contributed by atoms with E-state index in [1.54, 1.807) is 30.3 Å². The lowest BCUT2D eigenvalue weighted by Crippen LogP contribution is -2.16. The third-order valence-electron chi connectivity index (χ3n) is 4.58. The van der Waals surface area contributed by atoms with Crippen molar-refractivity contribution >= 4 is 33.4 Å². The Morgan fingerprint density at radius 2 is 1.86 bits per heavy atom. The minimum atomic E-state index is -0.213. The molecular weight excluding hydrogens is 356 g/mol. The Balaban J connectivity index is 1.48. The number of aryl methyl sites for hydroxylation is 2. The molecule has 7 nitrogen and oxygen atoms in total. The van der Waals surface area contributed by atoms with Crippen LogP contribution >= 0.6 is 0 Å². The van der Waals surface area contributed by atoms with Gasteiger partial charge in [-0.3, -0.25) is 14.4 Å². The van der Waals surface area contributed by atoms with Crippen LogP contribution in [0.5, 0.6) is 0 Å². The minimum Gasteiger partial charge on any atom is -0.326 e. The summed E-state index contributed by atoms with van der Waals surface area (Å²) < 4.78 is 0. The first-order valence-corrected chi connectivity index (χ1v) is 8.91. The van der Waals surface area contributed by atoms with Crippen molar-refractivity contribution in [3.05, 3.63) is 80.6 Å². The Kier molecular flexibility index (Phi) is 4.49. The highest BCUT2D eigenvalue weighted by Gasteiger charge is 2.08. The average molecular weight is 374 g/mol. The van der Waals surface area contributed by atoms with Gasteiger partial charge in [-0.2, -0.15) is 0 Å². The molecule has 28 heavy (non-hydrogen) atoms. The highest BCUT2D eigenvalue weighted by molar-refractivity contribution is 5.94. The topological polar surface area (TPSA) is 108 Å². The fraction of sp³-hybridized carbons (Fsp3) is 0.143. The van der Waals surface area contributed by atoms with Gasteiger partial charge in [0.25, 0.3) is 5.56 Å². The quantitative estimate of drug-likeness (QED) is 0.510. The Hall–Kier alpha value is -3.74. The van der Waals surface area contributed by atoms with Crippen LogP contribution in [0.4, 0.5) is 5.69 Å². The molecule has 2 aromatic heterocycles. The molecule has 0 bridgehead atoms. The van der Waals surface area contributed by atoms with Crippen LogP contribution < -0.4 is 16.4 Å². The maximum absolute atomic E-state index is 12.3. The highest BCUT2D eigenvalue weighted by Crippen LogP contribution is 2.19. The number of H-pyrrole nitrogens is 2. The molecule has 0 aliphatic carbocycles. The van der Waals surface area contributed by atoms with E-state index in [4.69, 9.17) is 0 Å². The number of fused-ring (bicyclic) bond motifs is 2. The van der Waals surface area contributed by atoms with Crippen LogP contribution in [0.15, 0.2) is 58.1 Å². The smallest absolute Gasteiger partial charge is 0.258 e. The van der Waals surface area contributed by atoms with Crippen LogP contribution in [-0.2, 0) is 11.2 Å². The number of carbonyl (C=O) groups is 1.